The Morgan fingerprint density at radius 2 is 1.76 bits per heavy atom. The van der Waals surface area contributed by atoms with Gasteiger partial charge in [0.25, 0.3) is 0 Å². The molecule has 7 N–H and O–H groups in total. The Morgan fingerprint density at radius 1 is 1.15 bits per heavy atom. The largest absolute Gasteiger partial charge is 0.424 e. The Kier molecular flexibility index (Phi) is 11.3. The second kappa shape index (κ2) is 13.1. The lowest BCUT2D eigenvalue weighted by molar-refractivity contribution is -0.183. The van der Waals surface area contributed by atoms with Crippen LogP contribution in [-0.2, 0) is 28.6 Å². The van der Waals surface area contributed by atoms with Crippen LogP contribution in [0.25, 0.3) is 0 Å². The fourth-order valence-electron chi connectivity index (χ4n) is 3.42. The number of nitrogens with zero attached hydrogens (tertiary/aromatic N) is 1. The van der Waals surface area contributed by atoms with Crippen molar-refractivity contribution in [2.45, 2.75) is 97.4 Å². The third kappa shape index (κ3) is 9.01. The highest BCUT2D eigenvalue weighted by Crippen LogP contribution is 2.27. The van der Waals surface area contributed by atoms with Crippen molar-refractivity contribution < 1.29 is 28.6 Å². The molecule has 0 bridgehead atoms. The Bertz CT molecular complexity index is 746. The van der Waals surface area contributed by atoms with Gasteiger partial charge in [-0.2, -0.15) is 0 Å². The summed E-state index contributed by atoms with van der Waals surface area (Å²) in [6, 6.07) is -2.07. The molecule has 1 aliphatic carbocycles. The molecule has 0 fully saturated rings. The fraction of sp³-hybridized carbons (Fsp3) is 0.727. The van der Waals surface area contributed by atoms with Gasteiger partial charge in [0, 0.05) is 25.8 Å². The van der Waals surface area contributed by atoms with E-state index < -0.39 is 42.5 Å². The van der Waals surface area contributed by atoms with Gasteiger partial charge < -0.3 is 36.7 Å². The lowest BCUT2D eigenvalue weighted by Gasteiger charge is -2.36. The van der Waals surface area contributed by atoms with Gasteiger partial charge in [0.05, 0.1) is 24.3 Å². The number of hydrogen-bond donors (Lipinski definition) is 4. The molecule has 0 saturated carbocycles. The maximum absolute atomic E-state index is 12.9. The van der Waals surface area contributed by atoms with E-state index in [1.807, 2.05) is 13.8 Å². The van der Waals surface area contributed by atoms with Crippen LogP contribution in [0, 0.1) is 5.92 Å². The summed E-state index contributed by atoms with van der Waals surface area (Å²) >= 11 is 0. The number of rotatable bonds is 11. The highest BCUT2D eigenvalue weighted by molar-refractivity contribution is 5.89. The summed E-state index contributed by atoms with van der Waals surface area (Å²) in [5, 5.41) is 2.83. The number of hydrogen-bond acceptors (Lipinski definition) is 8. The molecule has 0 heterocycles. The standard InChI is InChI=1S/C22H39N5O6/c1-7-15(8-2)33-17-10-14(9-16(27-22(24)25)19(17)26-12(5)28)20(29)31-13(6)32-21(30)18(23)11(3)4/h10-11,13,15-19H,7-9,23H2,1-6H3,(H,26,28)(H4,24,25,27)/t13?,16-,17+,18?,19+/m0/s1. The van der Waals surface area contributed by atoms with Gasteiger partial charge in [0.2, 0.25) is 12.2 Å². The maximum atomic E-state index is 12.9. The molecule has 188 valence electrons. The number of ether oxygens (including phenoxy) is 3. The van der Waals surface area contributed by atoms with Crippen molar-refractivity contribution in [2.75, 3.05) is 0 Å². The average molecular weight is 470 g/mol. The van der Waals surface area contributed by atoms with E-state index in [0.717, 1.165) is 12.8 Å². The van der Waals surface area contributed by atoms with Gasteiger partial charge in [0.1, 0.15) is 6.04 Å². The van der Waals surface area contributed by atoms with E-state index in [2.05, 4.69) is 10.3 Å². The molecular formula is C22H39N5O6. The molecule has 0 aromatic heterocycles. The van der Waals surface area contributed by atoms with E-state index in [9.17, 15) is 14.4 Å². The topological polar surface area (TPSA) is 181 Å². The van der Waals surface area contributed by atoms with Crippen LogP contribution in [0.4, 0.5) is 0 Å². The molecule has 1 rings (SSSR count). The molecule has 0 aliphatic heterocycles. The second-order valence-electron chi connectivity index (χ2n) is 8.46. The first-order valence-electron chi connectivity index (χ1n) is 11.3. The van der Waals surface area contributed by atoms with Gasteiger partial charge >= 0.3 is 11.9 Å². The highest BCUT2D eigenvalue weighted by atomic mass is 16.7. The third-order valence-corrected chi connectivity index (χ3v) is 5.32. The van der Waals surface area contributed by atoms with Crippen LogP contribution in [-0.4, -0.2) is 60.4 Å². The zero-order valence-corrected chi connectivity index (χ0v) is 20.4. The number of esters is 2. The summed E-state index contributed by atoms with van der Waals surface area (Å²) in [5.74, 6) is -1.97. The molecule has 5 atom stereocenters. The number of carbonyl (C=O) groups is 3. The van der Waals surface area contributed by atoms with Crippen LogP contribution in [0.2, 0.25) is 0 Å². The van der Waals surface area contributed by atoms with E-state index in [-0.39, 0.29) is 35.9 Å². The Hall–Kier alpha value is -2.66. The van der Waals surface area contributed by atoms with Crippen LogP contribution in [0.1, 0.15) is 60.8 Å². The maximum Gasteiger partial charge on any atom is 0.336 e. The second-order valence-corrected chi connectivity index (χ2v) is 8.46. The lowest BCUT2D eigenvalue weighted by Crippen LogP contribution is -2.54. The zero-order valence-electron chi connectivity index (χ0n) is 20.4. The van der Waals surface area contributed by atoms with Gasteiger partial charge in [0.15, 0.2) is 5.96 Å². The normalized spacial score (nSPS) is 22.2. The van der Waals surface area contributed by atoms with Crippen LogP contribution in [0.5, 0.6) is 0 Å². The van der Waals surface area contributed by atoms with Crippen molar-refractivity contribution >= 4 is 23.8 Å². The highest BCUT2D eigenvalue weighted by Gasteiger charge is 2.38. The summed E-state index contributed by atoms with van der Waals surface area (Å²) in [5.41, 5.74) is 17.2. The molecule has 1 aliphatic rings. The number of amides is 1. The van der Waals surface area contributed by atoms with Crippen molar-refractivity contribution in [2.24, 2.45) is 28.1 Å². The van der Waals surface area contributed by atoms with Crippen molar-refractivity contribution in [3.05, 3.63) is 11.6 Å². The number of carbonyl (C=O) groups excluding carboxylic acids is 3. The first-order valence-corrected chi connectivity index (χ1v) is 11.3. The minimum Gasteiger partial charge on any atom is -0.424 e. The van der Waals surface area contributed by atoms with E-state index in [1.165, 1.54) is 13.8 Å². The summed E-state index contributed by atoms with van der Waals surface area (Å²) < 4.78 is 16.6. The van der Waals surface area contributed by atoms with Crippen LogP contribution < -0.4 is 22.5 Å². The quantitative estimate of drug-likeness (QED) is 0.144. The summed E-state index contributed by atoms with van der Waals surface area (Å²) in [7, 11) is 0. The average Bonchev–Trinajstić information content (AvgIpc) is 2.71. The van der Waals surface area contributed by atoms with E-state index in [4.69, 9.17) is 31.4 Å². The molecule has 0 spiro atoms. The van der Waals surface area contributed by atoms with Crippen molar-refractivity contribution in [3.63, 3.8) is 0 Å². The zero-order chi connectivity index (χ0) is 25.3. The SMILES string of the molecule is CCC(CC)O[C@@H]1C=C(C(=O)OC(C)OC(=O)C(N)C(C)C)C[C@H](N=C(N)N)[C@H]1NC(C)=O. The molecule has 0 saturated heterocycles. The van der Waals surface area contributed by atoms with Crippen molar-refractivity contribution in [3.8, 4) is 0 Å². The first-order chi connectivity index (χ1) is 15.4. The van der Waals surface area contributed by atoms with Crippen molar-refractivity contribution in [1.82, 2.24) is 5.32 Å². The molecular weight excluding hydrogens is 430 g/mol. The predicted octanol–water partition coefficient (Wildman–Crippen LogP) is 0.453. The molecule has 11 nitrogen and oxygen atoms in total. The van der Waals surface area contributed by atoms with Gasteiger partial charge in [-0.05, 0) is 24.8 Å². The molecule has 0 radical (unpaired) electrons. The molecule has 0 aromatic carbocycles. The molecule has 33 heavy (non-hydrogen) atoms. The van der Waals surface area contributed by atoms with Gasteiger partial charge in [-0.1, -0.05) is 27.7 Å². The minimum atomic E-state index is -1.15. The van der Waals surface area contributed by atoms with E-state index >= 15 is 0 Å². The molecule has 0 aromatic rings. The first kappa shape index (κ1) is 28.4. The van der Waals surface area contributed by atoms with Gasteiger partial charge in [-0.3, -0.25) is 9.59 Å². The Labute approximate surface area is 195 Å². The lowest BCUT2D eigenvalue weighted by atomic mass is 9.88. The third-order valence-electron chi connectivity index (χ3n) is 5.32. The van der Waals surface area contributed by atoms with Gasteiger partial charge in [-0.25, -0.2) is 9.79 Å². The molecule has 1 amide bonds. The number of nitrogens with one attached hydrogen (secondary N) is 1. The summed E-state index contributed by atoms with van der Waals surface area (Å²) in [4.78, 5) is 41.0. The molecule has 2 unspecified atom stereocenters. The van der Waals surface area contributed by atoms with Crippen LogP contribution in [0.15, 0.2) is 16.6 Å². The monoisotopic (exact) mass is 469 g/mol. The number of aliphatic imine (C=N–C) groups is 1. The summed E-state index contributed by atoms with van der Waals surface area (Å²) in [6.45, 7) is 10.3. The van der Waals surface area contributed by atoms with Crippen LogP contribution in [0.3, 0.4) is 0 Å². The van der Waals surface area contributed by atoms with Gasteiger partial charge in [-0.15, -0.1) is 0 Å². The number of guanidine groups is 1. The van der Waals surface area contributed by atoms with Crippen LogP contribution >= 0.6 is 0 Å². The Balaban J connectivity index is 3.13. The molecule has 11 heteroatoms. The van der Waals surface area contributed by atoms with E-state index in [1.54, 1.807) is 19.9 Å². The predicted molar refractivity (Wildman–Crippen MR) is 124 cm³/mol. The van der Waals surface area contributed by atoms with E-state index in [0.29, 0.717) is 0 Å². The fourth-order valence-corrected chi connectivity index (χ4v) is 3.42. The number of nitrogens with two attached hydrogens (primary N) is 3. The smallest absolute Gasteiger partial charge is 0.336 e. The van der Waals surface area contributed by atoms with Crippen molar-refractivity contribution in [1.29, 1.82) is 0 Å². The Morgan fingerprint density at radius 3 is 2.24 bits per heavy atom. The summed E-state index contributed by atoms with van der Waals surface area (Å²) in [6.07, 6.45) is 1.26. The minimum absolute atomic E-state index is 0.0939.